The maximum atomic E-state index is 11.4. The quantitative estimate of drug-likeness (QED) is 0.321. The number of carbonyl (C=O) groups excluding carboxylic acids is 1. The highest BCUT2D eigenvalue weighted by Crippen LogP contribution is 2.51. The summed E-state index contributed by atoms with van der Waals surface area (Å²) < 4.78 is 5.53. The molecule has 0 aromatic rings. The number of carboxylic acids is 1. The van der Waals surface area contributed by atoms with E-state index in [1.54, 1.807) is 6.08 Å². The van der Waals surface area contributed by atoms with Crippen LogP contribution in [0.4, 0.5) is 0 Å². The molecule has 0 amide bonds. The van der Waals surface area contributed by atoms with Gasteiger partial charge in [0.1, 0.15) is 6.10 Å². The van der Waals surface area contributed by atoms with Crippen molar-refractivity contribution in [3.63, 3.8) is 0 Å². The molecule has 1 saturated carbocycles. The Balaban J connectivity index is 2.36. The van der Waals surface area contributed by atoms with Gasteiger partial charge in [0.05, 0.1) is 0 Å². The zero-order valence-corrected chi connectivity index (χ0v) is 17.0. The van der Waals surface area contributed by atoms with Crippen molar-refractivity contribution in [3.8, 4) is 0 Å². The molecule has 0 spiro atoms. The predicted molar refractivity (Wildman–Crippen MR) is 107 cm³/mol. The largest absolute Gasteiger partial charge is 0.478 e. The first kappa shape index (κ1) is 21.2. The van der Waals surface area contributed by atoms with Crippen molar-refractivity contribution in [2.75, 3.05) is 0 Å². The molecule has 0 bridgehead atoms. The Kier molecular flexibility index (Phi) is 7.23. The van der Waals surface area contributed by atoms with Crippen LogP contribution < -0.4 is 0 Å². The average molecular weight is 373 g/mol. The van der Waals surface area contributed by atoms with Crippen LogP contribution in [-0.4, -0.2) is 23.1 Å². The molecule has 6 atom stereocenters. The summed E-state index contributed by atoms with van der Waals surface area (Å²) in [5, 5.41) is 8.82. The van der Waals surface area contributed by atoms with E-state index < -0.39 is 5.97 Å². The molecule has 2 rings (SSSR count). The standard InChI is InChI=1S/C23H32O4/c1-6-14(2)22-15(3)11-18-13-19(27-17(5)24)12-16(4)23(18)20(22)9-7-8-10-21(25)26/h6-11,16,18-20,22-23H,12-13H2,1-5H3,(H,25,26)/b9-7+,10-8+,14-6?/t16-,18+,19-,20+,22+,23+/m0/s1. The maximum absolute atomic E-state index is 11.4. The number of esters is 1. The second kappa shape index (κ2) is 9.20. The summed E-state index contributed by atoms with van der Waals surface area (Å²) >= 11 is 0. The smallest absolute Gasteiger partial charge is 0.328 e. The van der Waals surface area contributed by atoms with Crippen molar-refractivity contribution in [2.45, 2.75) is 53.6 Å². The van der Waals surface area contributed by atoms with Gasteiger partial charge in [-0.05, 0) is 57.3 Å². The van der Waals surface area contributed by atoms with Crippen LogP contribution in [0.2, 0.25) is 0 Å². The predicted octanol–water partition coefficient (Wildman–Crippen LogP) is 4.94. The van der Waals surface area contributed by atoms with Crippen molar-refractivity contribution in [1.29, 1.82) is 0 Å². The minimum atomic E-state index is -0.936. The second-order valence-corrected chi connectivity index (χ2v) is 8.00. The Morgan fingerprint density at radius 1 is 1.22 bits per heavy atom. The van der Waals surface area contributed by atoms with Crippen molar-refractivity contribution in [3.05, 3.63) is 47.6 Å². The van der Waals surface area contributed by atoms with Gasteiger partial charge in [-0.2, -0.15) is 0 Å². The van der Waals surface area contributed by atoms with Crippen molar-refractivity contribution in [2.24, 2.45) is 29.6 Å². The first-order valence-corrected chi connectivity index (χ1v) is 9.80. The number of fused-ring (bicyclic) bond motifs is 1. The van der Waals surface area contributed by atoms with Crippen LogP contribution in [0, 0.1) is 29.6 Å². The Hall–Kier alpha value is -2.10. The highest BCUT2D eigenvalue weighted by atomic mass is 16.5. The molecule has 1 N–H and O–H groups in total. The van der Waals surface area contributed by atoms with Gasteiger partial charge in [-0.3, -0.25) is 4.79 Å². The monoisotopic (exact) mass is 372 g/mol. The number of carbonyl (C=O) groups is 2. The lowest BCUT2D eigenvalue weighted by atomic mass is 9.57. The molecular weight excluding hydrogens is 340 g/mol. The van der Waals surface area contributed by atoms with Crippen molar-refractivity contribution in [1.82, 2.24) is 0 Å². The number of hydrogen-bond donors (Lipinski definition) is 1. The van der Waals surface area contributed by atoms with Crippen LogP contribution in [-0.2, 0) is 14.3 Å². The van der Waals surface area contributed by atoms with Gasteiger partial charge in [0.25, 0.3) is 0 Å². The second-order valence-electron chi connectivity index (χ2n) is 8.00. The summed E-state index contributed by atoms with van der Waals surface area (Å²) in [6.45, 7) is 10.1. The molecule has 0 radical (unpaired) electrons. The molecule has 0 saturated heterocycles. The fourth-order valence-electron chi connectivity index (χ4n) is 5.10. The molecule has 0 aliphatic heterocycles. The fourth-order valence-corrected chi connectivity index (χ4v) is 5.10. The van der Waals surface area contributed by atoms with E-state index in [0.717, 1.165) is 18.9 Å². The number of hydrogen-bond acceptors (Lipinski definition) is 3. The highest BCUT2D eigenvalue weighted by molar-refractivity contribution is 5.80. The number of ether oxygens (including phenoxy) is 1. The molecule has 1 fully saturated rings. The number of allylic oxidation sites excluding steroid dienone is 7. The van der Waals surface area contributed by atoms with Gasteiger partial charge < -0.3 is 9.84 Å². The van der Waals surface area contributed by atoms with Gasteiger partial charge in [-0.15, -0.1) is 0 Å². The van der Waals surface area contributed by atoms with Crippen LogP contribution in [0.15, 0.2) is 47.6 Å². The zero-order chi connectivity index (χ0) is 20.1. The SMILES string of the molecule is CC=C(C)[C@@H]1C(C)=C[C@@H]2C[C@@H](OC(C)=O)C[C@H](C)[C@H]2[C@@H]1/C=C/C=C/C(=O)O. The van der Waals surface area contributed by atoms with Gasteiger partial charge in [0.15, 0.2) is 0 Å². The summed E-state index contributed by atoms with van der Waals surface area (Å²) in [6, 6.07) is 0. The van der Waals surface area contributed by atoms with Crippen molar-refractivity contribution >= 4 is 11.9 Å². The third kappa shape index (κ3) is 5.21. The Morgan fingerprint density at radius 3 is 2.52 bits per heavy atom. The Bertz CT molecular complexity index is 682. The van der Waals surface area contributed by atoms with Crippen LogP contribution in [0.25, 0.3) is 0 Å². The summed E-state index contributed by atoms with van der Waals surface area (Å²) in [6.07, 6.45) is 13.1. The van der Waals surface area contributed by atoms with E-state index in [4.69, 9.17) is 9.84 Å². The van der Waals surface area contributed by atoms with Gasteiger partial charge >= 0.3 is 11.9 Å². The molecule has 27 heavy (non-hydrogen) atoms. The average Bonchev–Trinajstić information content (AvgIpc) is 2.56. The van der Waals surface area contributed by atoms with Crippen molar-refractivity contribution < 1.29 is 19.4 Å². The Labute approximate surface area is 162 Å². The summed E-state index contributed by atoms with van der Waals surface area (Å²) in [5.41, 5.74) is 2.69. The molecular formula is C23H32O4. The lowest BCUT2D eigenvalue weighted by molar-refractivity contribution is -0.150. The lowest BCUT2D eigenvalue weighted by Gasteiger charge is -2.48. The minimum absolute atomic E-state index is 0.0151. The molecule has 4 heteroatoms. The van der Waals surface area contributed by atoms with Crippen LogP contribution in [0.1, 0.15) is 47.5 Å². The van der Waals surface area contributed by atoms with E-state index in [-0.39, 0.29) is 12.1 Å². The van der Waals surface area contributed by atoms with Gasteiger partial charge in [0, 0.05) is 18.9 Å². The minimum Gasteiger partial charge on any atom is -0.478 e. The van der Waals surface area contributed by atoms with E-state index in [1.807, 2.05) is 6.08 Å². The van der Waals surface area contributed by atoms with Crippen LogP contribution in [0.5, 0.6) is 0 Å². The first-order valence-electron chi connectivity index (χ1n) is 9.80. The van der Waals surface area contributed by atoms with Gasteiger partial charge in [-0.25, -0.2) is 4.79 Å². The summed E-state index contributed by atoms with van der Waals surface area (Å²) in [4.78, 5) is 22.2. The van der Waals surface area contributed by atoms with E-state index in [0.29, 0.717) is 29.6 Å². The normalized spacial score (nSPS) is 34.4. The van der Waals surface area contributed by atoms with Gasteiger partial charge in [0.2, 0.25) is 0 Å². The van der Waals surface area contributed by atoms with E-state index in [1.165, 1.54) is 18.1 Å². The molecule has 0 aromatic heterocycles. The van der Waals surface area contributed by atoms with E-state index >= 15 is 0 Å². The van der Waals surface area contributed by atoms with Crippen LogP contribution in [0.3, 0.4) is 0 Å². The third-order valence-electron chi connectivity index (χ3n) is 6.08. The number of rotatable bonds is 5. The molecule has 0 unspecified atom stereocenters. The zero-order valence-electron chi connectivity index (χ0n) is 17.0. The number of carboxylic acid groups (broad SMARTS) is 1. The fraction of sp³-hybridized carbons (Fsp3) is 0.565. The number of aliphatic carboxylic acids is 1. The summed E-state index contributed by atoms with van der Waals surface area (Å²) in [5.74, 6) is 0.741. The first-order chi connectivity index (χ1) is 12.7. The van der Waals surface area contributed by atoms with E-state index in [9.17, 15) is 9.59 Å². The third-order valence-corrected chi connectivity index (χ3v) is 6.08. The van der Waals surface area contributed by atoms with Crippen LogP contribution >= 0.6 is 0 Å². The van der Waals surface area contributed by atoms with E-state index in [2.05, 4.69) is 45.9 Å². The lowest BCUT2D eigenvalue weighted by Crippen LogP contribution is -2.43. The maximum Gasteiger partial charge on any atom is 0.328 e. The molecule has 2 aliphatic rings. The Morgan fingerprint density at radius 2 is 1.93 bits per heavy atom. The molecule has 2 aliphatic carbocycles. The van der Waals surface area contributed by atoms with Gasteiger partial charge in [-0.1, -0.05) is 48.5 Å². The summed E-state index contributed by atoms with van der Waals surface area (Å²) in [7, 11) is 0. The molecule has 148 valence electrons. The molecule has 0 aromatic carbocycles. The highest BCUT2D eigenvalue weighted by Gasteiger charge is 2.45. The molecule has 0 heterocycles. The topological polar surface area (TPSA) is 63.6 Å². The molecule has 4 nitrogen and oxygen atoms in total.